The zero-order valence-corrected chi connectivity index (χ0v) is 7.08. The van der Waals surface area contributed by atoms with E-state index < -0.39 is 0 Å². The number of allylic oxidation sites excluding steroid dienone is 2. The normalized spacial score (nSPS) is 11.2. The predicted molar refractivity (Wildman–Crippen MR) is 51.0 cm³/mol. The summed E-state index contributed by atoms with van der Waals surface area (Å²) in [5.41, 5.74) is 0.312. The van der Waals surface area contributed by atoms with Gasteiger partial charge < -0.3 is 5.32 Å². The molecular formula is C9H12N2O. The molecule has 0 aliphatic carbocycles. The van der Waals surface area contributed by atoms with E-state index in [1.165, 1.54) is 6.20 Å². The monoisotopic (exact) mass is 164 g/mol. The highest BCUT2D eigenvalue weighted by Gasteiger charge is 2.02. The first-order valence-electron chi connectivity index (χ1n) is 3.46. The standard InChI is InChI=1S/C9H12N2O/c1-4-6-7-8(11-5-2)9(12)10-3/h4-7H,1-2H2,3H3,(H,10,12)/b7-6-,11-8+. The molecule has 1 amide bonds. The average molecular weight is 164 g/mol. The van der Waals surface area contributed by atoms with Gasteiger partial charge in [0, 0.05) is 13.2 Å². The summed E-state index contributed by atoms with van der Waals surface area (Å²) < 4.78 is 0. The van der Waals surface area contributed by atoms with Crippen molar-refractivity contribution < 1.29 is 4.79 Å². The highest BCUT2D eigenvalue weighted by molar-refractivity contribution is 6.43. The van der Waals surface area contributed by atoms with E-state index in [1.807, 2.05) is 0 Å². The van der Waals surface area contributed by atoms with E-state index in [9.17, 15) is 4.79 Å². The summed E-state index contributed by atoms with van der Waals surface area (Å²) >= 11 is 0. The fourth-order valence-corrected chi connectivity index (χ4v) is 0.563. The van der Waals surface area contributed by atoms with Gasteiger partial charge >= 0.3 is 0 Å². The molecule has 12 heavy (non-hydrogen) atoms. The van der Waals surface area contributed by atoms with Crippen LogP contribution in [0.5, 0.6) is 0 Å². The summed E-state index contributed by atoms with van der Waals surface area (Å²) in [6.45, 7) is 6.88. The summed E-state index contributed by atoms with van der Waals surface area (Å²) in [5.74, 6) is -0.243. The summed E-state index contributed by atoms with van der Waals surface area (Å²) in [6, 6.07) is 0. The minimum absolute atomic E-state index is 0.243. The first kappa shape index (κ1) is 10.4. The smallest absolute Gasteiger partial charge is 0.269 e. The third kappa shape index (κ3) is 3.51. The Kier molecular flexibility index (Phi) is 5.26. The van der Waals surface area contributed by atoms with Crippen LogP contribution in [0.15, 0.2) is 42.6 Å². The molecule has 0 saturated heterocycles. The Hall–Kier alpha value is -1.64. The van der Waals surface area contributed by atoms with Gasteiger partial charge in [-0.3, -0.25) is 9.79 Å². The van der Waals surface area contributed by atoms with Crippen LogP contribution in [0.25, 0.3) is 0 Å². The third-order valence-electron chi connectivity index (χ3n) is 1.08. The molecule has 0 aromatic rings. The van der Waals surface area contributed by atoms with E-state index >= 15 is 0 Å². The average Bonchev–Trinajstić information content (AvgIpc) is 2.11. The second kappa shape index (κ2) is 6.09. The summed E-state index contributed by atoms with van der Waals surface area (Å²) in [6.07, 6.45) is 6.09. The minimum atomic E-state index is -0.243. The molecule has 1 N–H and O–H groups in total. The Balaban J connectivity index is 4.54. The van der Waals surface area contributed by atoms with Crippen molar-refractivity contribution in [1.29, 1.82) is 0 Å². The number of rotatable bonds is 4. The van der Waals surface area contributed by atoms with E-state index in [1.54, 1.807) is 25.3 Å². The van der Waals surface area contributed by atoms with Crippen LogP contribution in [-0.2, 0) is 4.79 Å². The van der Waals surface area contributed by atoms with Gasteiger partial charge in [0.05, 0.1) is 0 Å². The molecular weight excluding hydrogens is 152 g/mol. The number of nitrogens with one attached hydrogen (secondary N) is 1. The van der Waals surface area contributed by atoms with E-state index in [-0.39, 0.29) is 5.91 Å². The number of hydrogen-bond acceptors (Lipinski definition) is 2. The molecule has 64 valence electrons. The van der Waals surface area contributed by atoms with Crippen LogP contribution in [0.3, 0.4) is 0 Å². The third-order valence-corrected chi connectivity index (χ3v) is 1.08. The molecule has 0 fully saturated rings. The van der Waals surface area contributed by atoms with Crippen molar-refractivity contribution in [2.75, 3.05) is 7.05 Å². The van der Waals surface area contributed by atoms with Crippen molar-refractivity contribution >= 4 is 11.6 Å². The maximum atomic E-state index is 11.0. The van der Waals surface area contributed by atoms with Crippen LogP contribution < -0.4 is 5.32 Å². The van der Waals surface area contributed by atoms with E-state index in [2.05, 4.69) is 23.5 Å². The maximum absolute atomic E-state index is 11.0. The Morgan fingerprint density at radius 2 is 2.17 bits per heavy atom. The van der Waals surface area contributed by atoms with Crippen molar-refractivity contribution in [2.24, 2.45) is 4.99 Å². The number of hydrogen-bond donors (Lipinski definition) is 1. The van der Waals surface area contributed by atoms with Crippen molar-refractivity contribution in [3.05, 3.63) is 37.6 Å². The zero-order valence-electron chi connectivity index (χ0n) is 7.08. The molecule has 0 atom stereocenters. The molecule has 0 aliphatic rings. The highest BCUT2D eigenvalue weighted by atomic mass is 16.1. The molecule has 0 aromatic carbocycles. The molecule has 0 bridgehead atoms. The molecule has 0 heterocycles. The Morgan fingerprint density at radius 3 is 2.58 bits per heavy atom. The van der Waals surface area contributed by atoms with Crippen molar-refractivity contribution in [3.63, 3.8) is 0 Å². The van der Waals surface area contributed by atoms with E-state index in [4.69, 9.17) is 0 Å². The molecule has 0 unspecified atom stereocenters. The molecule has 0 aliphatic heterocycles. The lowest BCUT2D eigenvalue weighted by atomic mass is 10.3. The van der Waals surface area contributed by atoms with E-state index in [0.29, 0.717) is 5.71 Å². The van der Waals surface area contributed by atoms with Crippen molar-refractivity contribution in [2.45, 2.75) is 0 Å². The van der Waals surface area contributed by atoms with Gasteiger partial charge in [0.15, 0.2) is 0 Å². The second-order valence-corrected chi connectivity index (χ2v) is 1.87. The van der Waals surface area contributed by atoms with Gasteiger partial charge in [-0.05, 0) is 6.08 Å². The van der Waals surface area contributed by atoms with Crippen molar-refractivity contribution in [3.8, 4) is 0 Å². The van der Waals surface area contributed by atoms with Crippen LogP contribution >= 0.6 is 0 Å². The largest absolute Gasteiger partial charge is 0.354 e. The summed E-state index contributed by atoms with van der Waals surface area (Å²) in [4.78, 5) is 14.8. The molecule has 0 saturated carbocycles. The fourth-order valence-electron chi connectivity index (χ4n) is 0.563. The molecule has 3 heteroatoms. The zero-order chi connectivity index (χ0) is 9.40. The number of amides is 1. The lowest BCUT2D eigenvalue weighted by Crippen LogP contribution is -2.25. The van der Waals surface area contributed by atoms with Gasteiger partial charge in [-0.15, -0.1) is 0 Å². The molecule has 0 rings (SSSR count). The summed E-state index contributed by atoms with van der Waals surface area (Å²) in [5, 5.41) is 2.46. The van der Waals surface area contributed by atoms with Gasteiger partial charge in [-0.2, -0.15) is 0 Å². The molecule has 0 aromatic heterocycles. The number of nitrogens with zero attached hydrogens (tertiary/aromatic N) is 1. The summed E-state index contributed by atoms with van der Waals surface area (Å²) in [7, 11) is 1.54. The van der Waals surface area contributed by atoms with E-state index in [0.717, 1.165) is 0 Å². The van der Waals surface area contributed by atoms with Gasteiger partial charge in [0.25, 0.3) is 5.91 Å². The molecule has 0 spiro atoms. The second-order valence-electron chi connectivity index (χ2n) is 1.87. The van der Waals surface area contributed by atoms with Crippen LogP contribution in [0.4, 0.5) is 0 Å². The van der Waals surface area contributed by atoms with Crippen LogP contribution in [-0.4, -0.2) is 18.7 Å². The quantitative estimate of drug-likeness (QED) is 0.490. The first-order chi connectivity index (χ1) is 5.76. The lowest BCUT2D eigenvalue weighted by molar-refractivity contribution is -0.114. The Labute approximate surface area is 72.2 Å². The molecule has 0 radical (unpaired) electrons. The van der Waals surface area contributed by atoms with Crippen molar-refractivity contribution in [1.82, 2.24) is 5.32 Å². The highest BCUT2D eigenvalue weighted by Crippen LogP contribution is 1.85. The van der Waals surface area contributed by atoms with Crippen LogP contribution in [0.1, 0.15) is 0 Å². The Morgan fingerprint density at radius 1 is 1.50 bits per heavy atom. The number of aliphatic imine (C=N–C) groups is 1. The van der Waals surface area contributed by atoms with Gasteiger partial charge in [0.1, 0.15) is 5.71 Å². The topological polar surface area (TPSA) is 41.5 Å². The maximum Gasteiger partial charge on any atom is 0.269 e. The number of carbonyl (C=O) groups is 1. The SMILES string of the molecule is C=C/C=C\C(=N/C=C)C(=O)NC. The predicted octanol–water partition coefficient (Wildman–Crippen LogP) is 1.06. The first-order valence-corrected chi connectivity index (χ1v) is 3.46. The van der Waals surface area contributed by atoms with Gasteiger partial charge in [0.2, 0.25) is 0 Å². The fraction of sp³-hybridized carbons (Fsp3) is 0.111. The van der Waals surface area contributed by atoms with Crippen LogP contribution in [0.2, 0.25) is 0 Å². The molecule has 3 nitrogen and oxygen atoms in total. The minimum Gasteiger partial charge on any atom is -0.354 e. The number of carbonyl (C=O) groups excluding carboxylic acids is 1. The van der Waals surface area contributed by atoms with Gasteiger partial charge in [-0.25, -0.2) is 0 Å². The Bertz CT molecular complexity index is 239. The van der Waals surface area contributed by atoms with Crippen LogP contribution in [0, 0.1) is 0 Å². The lowest BCUT2D eigenvalue weighted by Gasteiger charge is -1.96. The van der Waals surface area contributed by atoms with Gasteiger partial charge in [-0.1, -0.05) is 25.3 Å².